The summed E-state index contributed by atoms with van der Waals surface area (Å²) in [4.78, 5) is 13.6. The van der Waals surface area contributed by atoms with Crippen molar-refractivity contribution in [3.63, 3.8) is 0 Å². The number of piperazine rings is 1. The molecular formula is C17H16F2N2O3S. The van der Waals surface area contributed by atoms with Crippen molar-refractivity contribution in [3.8, 4) is 0 Å². The second kappa shape index (κ2) is 6.89. The van der Waals surface area contributed by atoms with Crippen LogP contribution < -0.4 is 0 Å². The first-order valence-corrected chi connectivity index (χ1v) is 9.13. The SMILES string of the molecule is O=C(c1ccccc1F)N1CCN(S(=O)(=O)c2cccc(F)c2)CC1. The van der Waals surface area contributed by atoms with Crippen molar-refractivity contribution in [3.05, 3.63) is 65.7 Å². The Morgan fingerprint density at radius 3 is 2.24 bits per heavy atom. The second-order valence-electron chi connectivity index (χ2n) is 5.63. The van der Waals surface area contributed by atoms with E-state index in [1.54, 1.807) is 6.07 Å². The lowest BCUT2D eigenvalue weighted by molar-refractivity contribution is 0.0693. The Labute approximate surface area is 144 Å². The first-order chi connectivity index (χ1) is 11.9. The number of hydrogen-bond acceptors (Lipinski definition) is 3. The third kappa shape index (κ3) is 3.54. The summed E-state index contributed by atoms with van der Waals surface area (Å²) in [7, 11) is -3.83. The lowest BCUT2D eigenvalue weighted by atomic mass is 10.1. The van der Waals surface area contributed by atoms with Gasteiger partial charge in [-0.3, -0.25) is 4.79 Å². The van der Waals surface area contributed by atoms with Crippen LogP contribution in [0.2, 0.25) is 0 Å². The summed E-state index contributed by atoms with van der Waals surface area (Å²) in [5.74, 6) is -1.71. The highest BCUT2D eigenvalue weighted by Gasteiger charge is 2.31. The Morgan fingerprint density at radius 2 is 1.60 bits per heavy atom. The van der Waals surface area contributed by atoms with Gasteiger partial charge in [-0.15, -0.1) is 0 Å². The van der Waals surface area contributed by atoms with Crippen molar-refractivity contribution in [1.29, 1.82) is 0 Å². The van der Waals surface area contributed by atoms with Gasteiger partial charge >= 0.3 is 0 Å². The summed E-state index contributed by atoms with van der Waals surface area (Å²) in [5.41, 5.74) is -0.0380. The highest BCUT2D eigenvalue weighted by atomic mass is 32.2. The molecule has 0 aliphatic carbocycles. The molecule has 5 nitrogen and oxygen atoms in total. The van der Waals surface area contributed by atoms with Gasteiger partial charge < -0.3 is 4.90 Å². The maximum Gasteiger partial charge on any atom is 0.256 e. The van der Waals surface area contributed by atoms with Crippen LogP contribution in [0.4, 0.5) is 8.78 Å². The third-order valence-electron chi connectivity index (χ3n) is 4.06. The monoisotopic (exact) mass is 366 g/mol. The highest BCUT2D eigenvalue weighted by Crippen LogP contribution is 2.19. The van der Waals surface area contributed by atoms with E-state index in [0.29, 0.717) is 0 Å². The minimum Gasteiger partial charge on any atom is -0.336 e. The van der Waals surface area contributed by atoms with E-state index in [9.17, 15) is 22.0 Å². The molecule has 0 saturated carbocycles. The van der Waals surface area contributed by atoms with E-state index < -0.39 is 27.6 Å². The number of amides is 1. The molecule has 1 heterocycles. The zero-order chi connectivity index (χ0) is 18.0. The van der Waals surface area contributed by atoms with Crippen LogP contribution >= 0.6 is 0 Å². The van der Waals surface area contributed by atoms with Crippen LogP contribution in [0.25, 0.3) is 0 Å². The van der Waals surface area contributed by atoms with Crippen LogP contribution in [-0.4, -0.2) is 49.7 Å². The number of sulfonamides is 1. The van der Waals surface area contributed by atoms with Crippen molar-refractivity contribution in [2.24, 2.45) is 0 Å². The maximum atomic E-state index is 13.7. The number of carbonyl (C=O) groups excluding carboxylic acids is 1. The quantitative estimate of drug-likeness (QED) is 0.836. The Bertz CT molecular complexity index is 894. The van der Waals surface area contributed by atoms with E-state index in [1.165, 1.54) is 45.6 Å². The Balaban J connectivity index is 1.72. The predicted molar refractivity (Wildman–Crippen MR) is 87.5 cm³/mol. The van der Waals surface area contributed by atoms with Crippen molar-refractivity contribution < 1.29 is 22.0 Å². The molecule has 0 spiro atoms. The van der Waals surface area contributed by atoms with Crippen LogP contribution in [0.5, 0.6) is 0 Å². The molecule has 25 heavy (non-hydrogen) atoms. The molecule has 3 rings (SSSR count). The molecule has 2 aromatic carbocycles. The number of nitrogens with zero attached hydrogens (tertiary/aromatic N) is 2. The summed E-state index contributed by atoms with van der Waals surface area (Å²) in [6.07, 6.45) is 0. The van der Waals surface area contributed by atoms with Gasteiger partial charge in [0, 0.05) is 26.2 Å². The highest BCUT2D eigenvalue weighted by molar-refractivity contribution is 7.89. The summed E-state index contributed by atoms with van der Waals surface area (Å²) in [6, 6.07) is 10.5. The Hall–Kier alpha value is -2.32. The van der Waals surface area contributed by atoms with E-state index in [4.69, 9.17) is 0 Å². The van der Waals surface area contributed by atoms with Gasteiger partial charge in [0.2, 0.25) is 10.0 Å². The average Bonchev–Trinajstić information content (AvgIpc) is 2.62. The first-order valence-electron chi connectivity index (χ1n) is 7.69. The predicted octanol–water partition coefficient (Wildman–Crippen LogP) is 2.11. The number of carbonyl (C=O) groups is 1. The molecule has 1 aliphatic heterocycles. The fourth-order valence-electron chi connectivity index (χ4n) is 2.71. The largest absolute Gasteiger partial charge is 0.336 e. The lowest BCUT2D eigenvalue weighted by Crippen LogP contribution is -2.50. The number of benzene rings is 2. The van der Waals surface area contributed by atoms with Gasteiger partial charge in [-0.1, -0.05) is 18.2 Å². The minimum absolute atomic E-state index is 0.0380. The smallest absolute Gasteiger partial charge is 0.256 e. The molecule has 0 aromatic heterocycles. The van der Waals surface area contributed by atoms with Crippen molar-refractivity contribution in [1.82, 2.24) is 9.21 Å². The molecule has 0 unspecified atom stereocenters. The van der Waals surface area contributed by atoms with Gasteiger partial charge in [0.1, 0.15) is 11.6 Å². The van der Waals surface area contributed by atoms with E-state index in [-0.39, 0.29) is 36.6 Å². The zero-order valence-electron chi connectivity index (χ0n) is 13.2. The number of halogens is 2. The van der Waals surface area contributed by atoms with Crippen molar-refractivity contribution in [2.75, 3.05) is 26.2 Å². The fourth-order valence-corrected chi connectivity index (χ4v) is 4.17. The van der Waals surface area contributed by atoms with Crippen LogP contribution in [0.1, 0.15) is 10.4 Å². The minimum atomic E-state index is -3.83. The van der Waals surface area contributed by atoms with E-state index in [2.05, 4.69) is 0 Å². The topological polar surface area (TPSA) is 57.7 Å². The van der Waals surface area contributed by atoms with Crippen molar-refractivity contribution in [2.45, 2.75) is 4.90 Å². The normalized spacial score (nSPS) is 16.0. The average molecular weight is 366 g/mol. The molecule has 1 aliphatic rings. The molecule has 0 atom stereocenters. The van der Waals surface area contributed by atoms with Crippen molar-refractivity contribution >= 4 is 15.9 Å². The lowest BCUT2D eigenvalue weighted by Gasteiger charge is -2.34. The van der Waals surface area contributed by atoms with Gasteiger partial charge in [-0.05, 0) is 30.3 Å². The van der Waals surface area contributed by atoms with E-state index >= 15 is 0 Å². The molecule has 1 saturated heterocycles. The fraction of sp³-hybridized carbons (Fsp3) is 0.235. The molecule has 0 radical (unpaired) electrons. The maximum absolute atomic E-state index is 13.7. The molecule has 8 heteroatoms. The molecule has 0 N–H and O–H groups in total. The molecule has 132 valence electrons. The number of hydrogen-bond donors (Lipinski definition) is 0. The molecule has 1 amide bonds. The van der Waals surface area contributed by atoms with Crippen LogP contribution in [0.3, 0.4) is 0 Å². The van der Waals surface area contributed by atoms with Gasteiger partial charge in [-0.2, -0.15) is 4.31 Å². The van der Waals surface area contributed by atoms with Crippen LogP contribution in [0, 0.1) is 11.6 Å². The molecule has 1 fully saturated rings. The van der Waals surface area contributed by atoms with E-state index in [0.717, 1.165) is 6.07 Å². The summed E-state index contributed by atoms with van der Waals surface area (Å²) in [6.45, 7) is 0.418. The summed E-state index contributed by atoms with van der Waals surface area (Å²) < 4.78 is 53.3. The van der Waals surface area contributed by atoms with E-state index in [1.807, 2.05) is 0 Å². The standard InChI is InChI=1S/C17H16F2N2O3S/c18-13-4-3-5-14(12-13)25(23,24)21-10-8-20(9-11-21)17(22)15-6-1-2-7-16(15)19/h1-7,12H,8-11H2. The summed E-state index contributed by atoms with van der Waals surface area (Å²) in [5, 5.41) is 0. The Kier molecular flexibility index (Phi) is 4.82. The van der Waals surface area contributed by atoms with Crippen LogP contribution in [-0.2, 0) is 10.0 Å². The molecule has 2 aromatic rings. The number of rotatable bonds is 3. The van der Waals surface area contributed by atoms with Gasteiger partial charge in [0.25, 0.3) is 5.91 Å². The van der Waals surface area contributed by atoms with Gasteiger partial charge in [-0.25, -0.2) is 17.2 Å². The second-order valence-corrected chi connectivity index (χ2v) is 7.57. The first kappa shape index (κ1) is 17.5. The van der Waals surface area contributed by atoms with Gasteiger partial charge in [0.15, 0.2) is 0 Å². The summed E-state index contributed by atoms with van der Waals surface area (Å²) >= 11 is 0. The van der Waals surface area contributed by atoms with Gasteiger partial charge in [0.05, 0.1) is 10.5 Å². The molecular weight excluding hydrogens is 350 g/mol. The third-order valence-corrected chi connectivity index (χ3v) is 5.96. The molecule has 0 bridgehead atoms. The van der Waals surface area contributed by atoms with Crippen LogP contribution in [0.15, 0.2) is 53.4 Å². The Morgan fingerprint density at radius 1 is 0.920 bits per heavy atom. The zero-order valence-corrected chi connectivity index (χ0v) is 14.0.